The molecule has 0 saturated carbocycles. The molecule has 0 amide bonds. The molecule has 2 aromatic carbocycles. The highest BCUT2D eigenvalue weighted by Gasteiger charge is 2.34. The average Bonchev–Trinajstić information content (AvgIpc) is 2.96. The lowest BCUT2D eigenvalue weighted by Crippen LogP contribution is -2.39. The first-order chi connectivity index (χ1) is 10.8. The van der Waals surface area contributed by atoms with Crippen LogP contribution in [0.3, 0.4) is 0 Å². The number of hydrazone groups is 1. The van der Waals surface area contributed by atoms with Crippen molar-refractivity contribution in [1.29, 1.82) is 0 Å². The second-order valence-electron chi connectivity index (χ2n) is 5.00. The number of hydrogen-bond acceptors (Lipinski definition) is 4. The van der Waals surface area contributed by atoms with Gasteiger partial charge in [0.15, 0.2) is 5.84 Å². The number of aliphatic imine (C=N–C) groups is 1. The summed E-state index contributed by atoms with van der Waals surface area (Å²) in [5, 5.41) is 6.74. The van der Waals surface area contributed by atoms with Gasteiger partial charge in [-0.15, -0.1) is 5.10 Å². The fourth-order valence-electron chi connectivity index (χ4n) is 2.55. The molecular formula is C17H13BrN4. The van der Waals surface area contributed by atoms with Gasteiger partial charge in [0.2, 0.25) is 6.29 Å². The smallest absolute Gasteiger partial charge is 0.223 e. The third-order valence-electron chi connectivity index (χ3n) is 3.59. The van der Waals surface area contributed by atoms with Gasteiger partial charge in [-0.1, -0.05) is 46.3 Å². The molecule has 0 radical (unpaired) electrons. The first kappa shape index (κ1) is 13.3. The van der Waals surface area contributed by atoms with Gasteiger partial charge in [-0.3, -0.25) is 4.90 Å². The Kier molecular flexibility index (Phi) is 3.27. The summed E-state index contributed by atoms with van der Waals surface area (Å²) >= 11 is 3.47. The van der Waals surface area contributed by atoms with Crippen LogP contribution < -0.4 is 5.01 Å². The molecule has 2 aliphatic heterocycles. The summed E-state index contributed by atoms with van der Waals surface area (Å²) in [5.74, 6) is 0.898. The minimum atomic E-state index is -0.161. The number of halogens is 1. The molecule has 0 saturated heterocycles. The van der Waals surface area contributed by atoms with E-state index in [1.807, 2.05) is 66.0 Å². The molecule has 0 spiro atoms. The predicted octanol–water partition coefficient (Wildman–Crippen LogP) is 3.81. The summed E-state index contributed by atoms with van der Waals surface area (Å²) in [6.45, 7) is 0. The lowest BCUT2D eigenvalue weighted by atomic mass is 10.2. The van der Waals surface area contributed by atoms with E-state index in [0.717, 1.165) is 21.6 Å². The van der Waals surface area contributed by atoms with Crippen molar-refractivity contribution in [3.63, 3.8) is 0 Å². The van der Waals surface area contributed by atoms with Gasteiger partial charge in [-0.25, -0.2) is 10.0 Å². The number of hydrogen-bond donors (Lipinski definition) is 0. The fourth-order valence-corrected chi connectivity index (χ4v) is 2.81. The van der Waals surface area contributed by atoms with Gasteiger partial charge < -0.3 is 0 Å². The number of para-hydroxylation sites is 1. The van der Waals surface area contributed by atoms with E-state index in [2.05, 4.69) is 38.0 Å². The number of allylic oxidation sites excluding steroid dienone is 1. The van der Waals surface area contributed by atoms with Crippen molar-refractivity contribution in [2.24, 2.45) is 10.1 Å². The van der Waals surface area contributed by atoms with Crippen LogP contribution in [0.25, 0.3) is 0 Å². The molecule has 0 aromatic heterocycles. The Morgan fingerprint density at radius 2 is 1.73 bits per heavy atom. The molecule has 2 aliphatic rings. The normalized spacial score (nSPS) is 19.3. The second-order valence-corrected chi connectivity index (χ2v) is 5.92. The molecule has 0 N–H and O–H groups in total. The highest BCUT2D eigenvalue weighted by atomic mass is 79.9. The third-order valence-corrected chi connectivity index (χ3v) is 4.12. The van der Waals surface area contributed by atoms with Crippen molar-refractivity contribution in [2.45, 2.75) is 6.29 Å². The van der Waals surface area contributed by atoms with Crippen LogP contribution in [0.5, 0.6) is 0 Å². The average molecular weight is 353 g/mol. The zero-order valence-electron chi connectivity index (χ0n) is 11.7. The standard InChI is InChI=1S/C17H13BrN4/c18-14-9-7-13(8-10-14)16-20-22(15-5-2-1-3-6-15)17-19-11-4-12-21(16)17/h1-12,17H. The van der Waals surface area contributed by atoms with Crippen molar-refractivity contribution < 1.29 is 0 Å². The zero-order valence-corrected chi connectivity index (χ0v) is 13.3. The van der Waals surface area contributed by atoms with Crippen LogP contribution in [0.2, 0.25) is 0 Å². The quantitative estimate of drug-likeness (QED) is 0.822. The van der Waals surface area contributed by atoms with Crippen LogP contribution in [0.15, 0.2) is 81.4 Å². The molecule has 5 heteroatoms. The van der Waals surface area contributed by atoms with Crippen LogP contribution in [0.4, 0.5) is 5.69 Å². The highest BCUT2D eigenvalue weighted by molar-refractivity contribution is 9.10. The number of nitrogens with zero attached hydrogens (tertiary/aromatic N) is 4. The summed E-state index contributed by atoms with van der Waals surface area (Å²) in [6.07, 6.45) is 5.60. The molecule has 2 heterocycles. The predicted molar refractivity (Wildman–Crippen MR) is 92.9 cm³/mol. The fraction of sp³-hybridized carbons (Fsp3) is 0.0588. The topological polar surface area (TPSA) is 31.2 Å². The van der Waals surface area contributed by atoms with Gasteiger partial charge >= 0.3 is 0 Å². The van der Waals surface area contributed by atoms with Crippen LogP contribution in [0.1, 0.15) is 5.56 Å². The van der Waals surface area contributed by atoms with E-state index in [4.69, 9.17) is 5.10 Å². The maximum absolute atomic E-state index is 4.80. The largest absolute Gasteiger partial charge is 0.289 e. The Hall–Kier alpha value is -2.40. The van der Waals surface area contributed by atoms with Crippen LogP contribution in [-0.4, -0.2) is 23.2 Å². The summed E-state index contributed by atoms with van der Waals surface area (Å²) in [7, 11) is 0. The van der Waals surface area contributed by atoms with E-state index in [1.54, 1.807) is 0 Å². The molecule has 2 aromatic rings. The van der Waals surface area contributed by atoms with Gasteiger partial charge in [0.1, 0.15) is 0 Å². The minimum Gasteiger partial charge on any atom is -0.289 e. The van der Waals surface area contributed by atoms with Crippen LogP contribution >= 0.6 is 15.9 Å². The maximum Gasteiger partial charge on any atom is 0.223 e. The van der Waals surface area contributed by atoms with E-state index >= 15 is 0 Å². The monoisotopic (exact) mass is 352 g/mol. The number of amidine groups is 1. The summed E-state index contributed by atoms with van der Waals surface area (Å²) < 4.78 is 1.05. The molecular weight excluding hydrogens is 340 g/mol. The lowest BCUT2D eigenvalue weighted by molar-refractivity contribution is 0.432. The van der Waals surface area contributed by atoms with E-state index in [9.17, 15) is 0 Å². The van der Waals surface area contributed by atoms with Gasteiger partial charge in [-0.05, 0) is 30.3 Å². The van der Waals surface area contributed by atoms with Crippen molar-refractivity contribution in [3.8, 4) is 0 Å². The Bertz CT molecular complexity index is 765. The maximum atomic E-state index is 4.80. The molecule has 0 aliphatic carbocycles. The molecule has 0 fully saturated rings. The Balaban J connectivity index is 1.78. The molecule has 22 heavy (non-hydrogen) atoms. The van der Waals surface area contributed by atoms with E-state index in [1.165, 1.54) is 0 Å². The molecule has 1 unspecified atom stereocenters. The Morgan fingerprint density at radius 1 is 0.955 bits per heavy atom. The highest BCUT2D eigenvalue weighted by Crippen LogP contribution is 2.29. The van der Waals surface area contributed by atoms with E-state index < -0.39 is 0 Å². The third kappa shape index (κ3) is 2.23. The van der Waals surface area contributed by atoms with Crippen molar-refractivity contribution in [3.05, 3.63) is 76.9 Å². The Morgan fingerprint density at radius 3 is 2.50 bits per heavy atom. The molecule has 1 atom stereocenters. The number of fused-ring (bicyclic) bond motifs is 1. The minimum absolute atomic E-state index is 0.161. The van der Waals surface area contributed by atoms with E-state index in [-0.39, 0.29) is 6.29 Å². The van der Waals surface area contributed by atoms with Crippen molar-refractivity contribution >= 4 is 33.7 Å². The van der Waals surface area contributed by atoms with Crippen LogP contribution in [0, 0.1) is 0 Å². The van der Waals surface area contributed by atoms with E-state index in [0.29, 0.717) is 0 Å². The van der Waals surface area contributed by atoms with Gasteiger partial charge in [0.05, 0.1) is 5.69 Å². The Labute approximate surface area is 137 Å². The van der Waals surface area contributed by atoms with Gasteiger partial charge in [0, 0.05) is 22.5 Å². The molecule has 0 bridgehead atoms. The number of anilines is 1. The molecule has 4 rings (SSSR count). The van der Waals surface area contributed by atoms with Gasteiger partial charge in [-0.2, -0.15) is 0 Å². The summed E-state index contributed by atoms with van der Waals surface area (Å²) in [4.78, 5) is 6.64. The SMILES string of the molecule is Brc1ccc(C2=NN(c3ccccc3)C3N=CC=CN23)cc1. The first-order valence-corrected chi connectivity index (χ1v) is 7.79. The zero-order chi connectivity index (χ0) is 14.9. The van der Waals surface area contributed by atoms with Crippen molar-refractivity contribution in [2.75, 3.05) is 5.01 Å². The lowest BCUT2D eigenvalue weighted by Gasteiger charge is -2.27. The second kappa shape index (κ2) is 5.42. The van der Waals surface area contributed by atoms with Crippen molar-refractivity contribution in [1.82, 2.24) is 4.90 Å². The molecule has 108 valence electrons. The first-order valence-electron chi connectivity index (χ1n) is 7.00. The number of benzene rings is 2. The molecule has 4 nitrogen and oxygen atoms in total. The summed E-state index contributed by atoms with van der Waals surface area (Å²) in [6, 6.07) is 18.3. The summed E-state index contributed by atoms with van der Waals surface area (Å²) in [5.41, 5.74) is 2.09. The van der Waals surface area contributed by atoms with Gasteiger partial charge in [0.25, 0.3) is 0 Å². The van der Waals surface area contributed by atoms with Crippen LogP contribution in [-0.2, 0) is 0 Å². The number of rotatable bonds is 2.